The summed E-state index contributed by atoms with van der Waals surface area (Å²) >= 11 is 0. The maximum Gasteiger partial charge on any atom is 0.152 e. The van der Waals surface area contributed by atoms with Crippen LogP contribution in [0, 0.1) is 5.92 Å². The van der Waals surface area contributed by atoms with E-state index in [2.05, 4.69) is 10.3 Å². The van der Waals surface area contributed by atoms with Crippen molar-refractivity contribution >= 4 is 20.9 Å². The van der Waals surface area contributed by atoms with E-state index in [0.717, 1.165) is 16.9 Å². The summed E-state index contributed by atoms with van der Waals surface area (Å²) in [5.74, 6) is 1.30. The van der Waals surface area contributed by atoms with E-state index in [0.29, 0.717) is 6.54 Å². The fourth-order valence-electron chi connectivity index (χ4n) is 2.86. The predicted molar refractivity (Wildman–Crippen MR) is 79.3 cm³/mol. The molecule has 0 radical (unpaired) electrons. The lowest BCUT2D eigenvalue weighted by atomic mass is 10.2. The molecule has 0 amide bonds. The topological polar surface area (TPSA) is 64.0 Å². The van der Waals surface area contributed by atoms with E-state index < -0.39 is 9.84 Å². The standard InChI is InChI=1S/C14H19N3O2S/c1-10-7-15-12(9-20(18,19)8-10)14-16-11-5-3-4-6-13(11)17(14)2/h3-6,10,12,15H,7-9H2,1-2H3. The number of fused-ring (bicyclic) bond motifs is 1. The Morgan fingerprint density at radius 1 is 1.30 bits per heavy atom. The lowest BCUT2D eigenvalue weighted by Gasteiger charge is -2.15. The lowest BCUT2D eigenvalue weighted by Crippen LogP contribution is -2.28. The summed E-state index contributed by atoms with van der Waals surface area (Å²) in [6.07, 6.45) is 0. The van der Waals surface area contributed by atoms with Crippen molar-refractivity contribution in [2.75, 3.05) is 18.1 Å². The monoisotopic (exact) mass is 293 g/mol. The molecule has 2 atom stereocenters. The number of benzene rings is 1. The van der Waals surface area contributed by atoms with Gasteiger partial charge in [-0.3, -0.25) is 0 Å². The number of aryl methyl sites for hydroxylation is 1. The SMILES string of the molecule is CC1CNC(c2nc3ccccc3n2C)CS(=O)(=O)C1. The molecule has 0 saturated carbocycles. The van der Waals surface area contributed by atoms with Gasteiger partial charge in [-0.25, -0.2) is 13.4 Å². The average molecular weight is 293 g/mol. The second-order valence-corrected chi connectivity index (χ2v) is 7.81. The van der Waals surface area contributed by atoms with E-state index in [-0.39, 0.29) is 23.5 Å². The highest BCUT2D eigenvalue weighted by molar-refractivity contribution is 7.91. The van der Waals surface area contributed by atoms with Crippen molar-refractivity contribution in [1.29, 1.82) is 0 Å². The minimum Gasteiger partial charge on any atom is -0.330 e. The van der Waals surface area contributed by atoms with Crippen molar-refractivity contribution in [1.82, 2.24) is 14.9 Å². The van der Waals surface area contributed by atoms with Crippen LogP contribution in [0.5, 0.6) is 0 Å². The molecular formula is C14H19N3O2S. The quantitative estimate of drug-likeness (QED) is 0.860. The van der Waals surface area contributed by atoms with Crippen LogP contribution >= 0.6 is 0 Å². The Kier molecular flexibility index (Phi) is 3.30. The molecular weight excluding hydrogens is 274 g/mol. The van der Waals surface area contributed by atoms with Gasteiger partial charge in [0.15, 0.2) is 9.84 Å². The second kappa shape index (κ2) is 4.86. The fourth-order valence-corrected chi connectivity index (χ4v) is 4.75. The Morgan fingerprint density at radius 2 is 2.05 bits per heavy atom. The highest BCUT2D eigenvalue weighted by Gasteiger charge is 2.29. The van der Waals surface area contributed by atoms with Gasteiger partial charge in [0.1, 0.15) is 5.82 Å². The van der Waals surface area contributed by atoms with Crippen LogP contribution in [0.4, 0.5) is 0 Å². The molecule has 1 aliphatic heterocycles. The summed E-state index contributed by atoms with van der Waals surface area (Å²) in [6.45, 7) is 2.66. The molecule has 0 aliphatic carbocycles. The number of nitrogens with zero attached hydrogens (tertiary/aromatic N) is 2. The first-order chi connectivity index (χ1) is 9.46. The molecule has 0 bridgehead atoms. The lowest BCUT2D eigenvalue weighted by molar-refractivity contribution is 0.495. The first-order valence-electron chi connectivity index (χ1n) is 6.81. The zero-order chi connectivity index (χ0) is 14.3. The predicted octanol–water partition coefficient (Wildman–Crippen LogP) is 1.27. The summed E-state index contributed by atoms with van der Waals surface area (Å²) in [5.41, 5.74) is 1.93. The third-order valence-electron chi connectivity index (χ3n) is 3.81. The molecule has 1 saturated heterocycles. The minimum atomic E-state index is -3.04. The van der Waals surface area contributed by atoms with Gasteiger partial charge in [-0.15, -0.1) is 0 Å². The highest BCUT2D eigenvalue weighted by Crippen LogP contribution is 2.23. The van der Waals surface area contributed by atoms with Gasteiger partial charge in [-0.2, -0.15) is 0 Å². The van der Waals surface area contributed by atoms with Crippen LogP contribution in [0.25, 0.3) is 11.0 Å². The number of sulfone groups is 1. The molecule has 1 aliphatic rings. The molecule has 3 rings (SSSR count). The molecule has 6 heteroatoms. The van der Waals surface area contributed by atoms with Gasteiger partial charge in [0.25, 0.3) is 0 Å². The number of imidazole rings is 1. The zero-order valence-corrected chi connectivity index (χ0v) is 12.5. The first-order valence-corrected chi connectivity index (χ1v) is 8.63. The second-order valence-electron chi connectivity index (χ2n) is 5.66. The van der Waals surface area contributed by atoms with Gasteiger partial charge in [-0.1, -0.05) is 19.1 Å². The van der Waals surface area contributed by atoms with Crippen LogP contribution in [0.3, 0.4) is 0 Å². The van der Waals surface area contributed by atoms with Crippen LogP contribution in [-0.4, -0.2) is 36.0 Å². The van der Waals surface area contributed by atoms with Gasteiger partial charge in [0, 0.05) is 7.05 Å². The van der Waals surface area contributed by atoms with Crippen LogP contribution < -0.4 is 5.32 Å². The molecule has 2 unspecified atom stereocenters. The molecule has 1 aromatic heterocycles. The Balaban J connectivity index is 2.04. The number of hydrogen-bond donors (Lipinski definition) is 1. The van der Waals surface area contributed by atoms with Crippen molar-refractivity contribution in [3.05, 3.63) is 30.1 Å². The van der Waals surface area contributed by atoms with E-state index in [4.69, 9.17) is 0 Å². The molecule has 1 aromatic carbocycles. The van der Waals surface area contributed by atoms with E-state index in [9.17, 15) is 8.42 Å². The minimum absolute atomic E-state index is 0.120. The van der Waals surface area contributed by atoms with E-state index >= 15 is 0 Å². The molecule has 5 nitrogen and oxygen atoms in total. The number of para-hydroxylation sites is 2. The van der Waals surface area contributed by atoms with Crippen molar-refractivity contribution in [3.8, 4) is 0 Å². The largest absolute Gasteiger partial charge is 0.330 e. The highest BCUT2D eigenvalue weighted by atomic mass is 32.2. The summed E-state index contributed by atoms with van der Waals surface area (Å²) in [4.78, 5) is 4.60. The van der Waals surface area contributed by atoms with E-state index in [1.54, 1.807) is 0 Å². The summed E-state index contributed by atoms with van der Waals surface area (Å²) in [5, 5.41) is 3.34. The third-order valence-corrected chi connectivity index (χ3v) is 5.72. The van der Waals surface area contributed by atoms with Crippen molar-refractivity contribution in [2.45, 2.75) is 13.0 Å². The number of aromatic nitrogens is 2. The Hall–Kier alpha value is -1.40. The molecule has 1 N–H and O–H groups in total. The number of hydrogen-bond acceptors (Lipinski definition) is 4. The average Bonchev–Trinajstić information content (AvgIpc) is 2.64. The molecule has 2 aromatic rings. The summed E-state index contributed by atoms with van der Waals surface area (Å²) in [6, 6.07) is 7.63. The van der Waals surface area contributed by atoms with Crippen molar-refractivity contribution in [2.24, 2.45) is 13.0 Å². The van der Waals surface area contributed by atoms with Gasteiger partial charge < -0.3 is 9.88 Å². The Labute approximate surface area is 118 Å². The smallest absolute Gasteiger partial charge is 0.152 e. The third kappa shape index (κ3) is 2.45. The van der Waals surface area contributed by atoms with Gasteiger partial charge >= 0.3 is 0 Å². The van der Waals surface area contributed by atoms with Crippen LogP contribution in [-0.2, 0) is 16.9 Å². The normalized spacial score (nSPS) is 26.5. The molecule has 20 heavy (non-hydrogen) atoms. The summed E-state index contributed by atoms with van der Waals surface area (Å²) < 4.78 is 26.2. The zero-order valence-electron chi connectivity index (χ0n) is 11.7. The van der Waals surface area contributed by atoms with Crippen LogP contribution in [0.2, 0.25) is 0 Å². The van der Waals surface area contributed by atoms with Crippen LogP contribution in [0.15, 0.2) is 24.3 Å². The molecule has 0 spiro atoms. The van der Waals surface area contributed by atoms with Crippen LogP contribution in [0.1, 0.15) is 18.8 Å². The van der Waals surface area contributed by atoms with Gasteiger partial charge in [0.2, 0.25) is 0 Å². The summed E-state index contributed by atoms with van der Waals surface area (Å²) in [7, 11) is -1.10. The van der Waals surface area contributed by atoms with Crippen molar-refractivity contribution < 1.29 is 8.42 Å². The Morgan fingerprint density at radius 3 is 2.80 bits per heavy atom. The first kappa shape index (κ1) is 13.6. The van der Waals surface area contributed by atoms with Gasteiger partial charge in [-0.05, 0) is 24.6 Å². The molecule has 2 heterocycles. The maximum absolute atomic E-state index is 12.1. The van der Waals surface area contributed by atoms with Crippen molar-refractivity contribution in [3.63, 3.8) is 0 Å². The van der Waals surface area contributed by atoms with E-state index in [1.807, 2.05) is 42.8 Å². The number of rotatable bonds is 1. The Bertz CT molecular complexity index is 736. The number of nitrogens with one attached hydrogen (secondary N) is 1. The molecule has 108 valence electrons. The molecule has 1 fully saturated rings. The van der Waals surface area contributed by atoms with E-state index in [1.165, 1.54) is 0 Å². The van der Waals surface area contributed by atoms with Gasteiger partial charge in [0.05, 0.1) is 28.6 Å². The fraction of sp³-hybridized carbons (Fsp3) is 0.500. The maximum atomic E-state index is 12.1.